The summed E-state index contributed by atoms with van der Waals surface area (Å²) in [5.41, 5.74) is 7.21. The first-order chi connectivity index (χ1) is 8.63. The van der Waals surface area contributed by atoms with E-state index in [1.54, 1.807) is 42.5 Å². The molecule has 0 spiro atoms. The number of nitrogens with two attached hydrogens (primary N) is 1. The van der Waals surface area contributed by atoms with E-state index in [2.05, 4.69) is 10.1 Å². The average molecular weight is 245 g/mol. The van der Waals surface area contributed by atoms with Crippen LogP contribution >= 0.6 is 0 Å². The van der Waals surface area contributed by atoms with Gasteiger partial charge in [-0.3, -0.25) is 14.5 Å². The molecule has 1 amide bonds. The summed E-state index contributed by atoms with van der Waals surface area (Å²) in [5.74, 6) is -0.231. The second kappa shape index (κ2) is 4.87. The molecule has 0 aromatic carbocycles. The van der Waals surface area contributed by atoms with Crippen molar-refractivity contribution in [3.8, 4) is 0 Å². The molecule has 2 aromatic rings. The first-order valence-electron chi connectivity index (χ1n) is 5.64. The Balaban J connectivity index is 2.28. The van der Waals surface area contributed by atoms with Crippen LogP contribution in [0.5, 0.6) is 0 Å². The van der Waals surface area contributed by atoms with E-state index in [-0.39, 0.29) is 11.6 Å². The summed E-state index contributed by atoms with van der Waals surface area (Å²) in [6.07, 6.45) is 4.92. The summed E-state index contributed by atoms with van der Waals surface area (Å²) in [5, 5.41) is 4.16. The minimum atomic E-state index is -0.231. The smallest absolute Gasteiger partial charge is 0.280 e. The Labute approximate surface area is 105 Å². The van der Waals surface area contributed by atoms with Crippen LogP contribution in [0.3, 0.4) is 0 Å². The number of nitrogens with zero attached hydrogens (tertiary/aromatic N) is 4. The molecule has 6 heteroatoms. The van der Waals surface area contributed by atoms with Gasteiger partial charge in [0.25, 0.3) is 5.91 Å². The summed E-state index contributed by atoms with van der Waals surface area (Å²) in [7, 11) is 1.68. The van der Waals surface area contributed by atoms with Crippen molar-refractivity contribution in [1.29, 1.82) is 0 Å². The van der Waals surface area contributed by atoms with Crippen LogP contribution in [0.25, 0.3) is 0 Å². The zero-order valence-electron chi connectivity index (χ0n) is 10.4. The first-order valence-corrected chi connectivity index (χ1v) is 5.64. The van der Waals surface area contributed by atoms with Crippen molar-refractivity contribution >= 4 is 17.3 Å². The van der Waals surface area contributed by atoms with E-state index < -0.39 is 0 Å². The van der Waals surface area contributed by atoms with Crippen molar-refractivity contribution < 1.29 is 4.79 Å². The fourth-order valence-electron chi connectivity index (χ4n) is 1.61. The highest BCUT2D eigenvalue weighted by molar-refractivity contribution is 6.07. The van der Waals surface area contributed by atoms with E-state index in [1.165, 1.54) is 4.90 Å². The van der Waals surface area contributed by atoms with Gasteiger partial charge in [0, 0.05) is 37.9 Å². The molecule has 2 rings (SSSR count). The maximum Gasteiger partial charge on any atom is 0.280 e. The van der Waals surface area contributed by atoms with E-state index in [0.717, 1.165) is 5.69 Å². The molecule has 0 aliphatic carbocycles. The average Bonchev–Trinajstić information content (AvgIpc) is 2.79. The topological polar surface area (TPSA) is 77.0 Å². The molecule has 0 aliphatic heterocycles. The fraction of sp³-hybridized carbons (Fsp3) is 0.250. The fourth-order valence-corrected chi connectivity index (χ4v) is 1.61. The molecule has 6 nitrogen and oxygen atoms in total. The van der Waals surface area contributed by atoms with Crippen LogP contribution in [-0.2, 0) is 6.54 Å². The van der Waals surface area contributed by atoms with Crippen LogP contribution in [0.4, 0.5) is 11.4 Å². The predicted octanol–water partition coefficient (Wildman–Crippen LogP) is 1.16. The molecular weight excluding hydrogens is 230 g/mol. The number of pyridine rings is 1. The zero-order valence-corrected chi connectivity index (χ0v) is 10.4. The van der Waals surface area contributed by atoms with Gasteiger partial charge in [0.05, 0.1) is 5.69 Å². The number of rotatable bonds is 3. The van der Waals surface area contributed by atoms with Crippen LogP contribution in [0, 0.1) is 0 Å². The second-order valence-electron chi connectivity index (χ2n) is 3.86. The van der Waals surface area contributed by atoms with Gasteiger partial charge in [-0.25, -0.2) is 0 Å². The monoisotopic (exact) mass is 245 g/mol. The van der Waals surface area contributed by atoms with Gasteiger partial charge < -0.3 is 10.6 Å². The number of amides is 1. The van der Waals surface area contributed by atoms with Gasteiger partial charge in [-0.05, 0) is 19.1 Å². The van der Waals surface area contributed by atoms with Crippen LogP contribution in [0.1, 0.15) is 17.4 Å². The number of aromatic nitrogens is 3. The maximum atomic E-state index is 12.2. The van der Waals surface area contributed by atoms with Crippen molar-refractivity contribution in [3.63, 3.8) is 0 Å². The van der Waals surface area contributed by atoms with Gasteiger partial charge in [-0.2, -0.15) is 5.10 Å². The lowest BCUT2D eigenvalue weighted by atomic mass is 10.3. The highest BCUT2D eigenvalue weighted by atomic mass is 16.2. The van der Waals surface area contributed by atoms with E-state index in [9.17, 15) is 4.79 Å². The molecule has 0 saturated carbocycles. The molecule has 2 aromatic heterocycles. The molecular formula is C12H15N5O. The molecule has 0 bridgehead atoms. The highest BCUT2D eigenvalue weighted by Crippen LogP contribution is 2.16. The molecule has 0 atom stereocenters. The Bertz CT molecular complexity index is 549. The van der Waals surface area contributed by atoms with E-state index in [4.69, 9.17) is 5.73 Å². The molecule has 0 radical (unpaired) electrons. The molecule has 2 heterocycles. The van der Waals surface area contributed by atoms with E-state index in [1.807, 2.05) is 6.92 Å². The third kappa shape index (κ3) is 2.17. The summed E-state index contributed by atoms with van der Waals surface area (Å²) in [4.78, 5) is 17.7. The standard InChI is InChI=1S/C12H15N5O/c1-3-17-8-10(13)11(15-17)12(18)16(2)9-4-6-14-7-5-9/h4-8H,3,13H2,1-2H3. The van der Waals surface area contributed by atoms with Crippen molar-refractivity contribution in [2.24, 2.45) is 0 Å². The van der Waals surface area contributed by atoms with Crippen molar-refractivity contribution in [1.82, 2.24) is 14.8 Å². The van der Waals surface area contributed by atoms with Gasteiger partial charge in [0.15, 0.2) is 5.69 Å². The van der Waals surface area contributed by atoms with Gasteiger partial charge in [0.2, 0.25) is 0 Å². The third-order valence-corrected chi connectivity index (χ3v) is 2.67. The van der Waals surface area contributed by atoms with Crippen LogP contribution in [0.2, 0.25) is 0 Å². The molecule has 94 valence electrons. The normalized spacial score (nSPS) is 10.3. The summed E-state index contributed by atoms with van der Waals surface area (Å²) in [6, 6.07) is 3.51. The summed E-state index contributed by atoms with van der Waals surface area (Å²) in [6.45, 7) is 2.61. The Hall–Kier alpha value is -2.37. The Morgan fingerprint density at radius 2 is 2.11 bits per heavy atom. The van der Waals surface area contributed by atoms with Gasteiger partial charge in [-0.15, -0.1) is 0 Å². The summed E-state index contributed by atoms with van der Waals surface area (Å²) >= 11 is 0. The van der Waals surface area contributed by atoms with E-state index >= 15 is 0 Å². The van der Waals surface area contributed by atoms with Crippen molar-refractivity contribution in [2.75, 3.05) is 17.7 Å². The molecule has 0 aliphatic rings. The summed E-state index contributed by atoms with van der Waals surface area (Å²) < 4.78 is 1.64. The molecule has 0 fully saturated rings. The Morgan fingerprint density at radius 1 is 1.44 bits per heavy atom. The number of aryl methyl sites for hydroxylation is 1. The van der Waals surface area contributed by atoms with Crippen LogP contribution < -0.4 is 10.6 Å². The van der Waals surface area contributed by atoms with Crippen molar-refractivity contribution in [3.05, 3.63) is 36.4 Å². The quantitative estimate of drug-likeness (QED) is 0.880. The third-order valence-electron chi connectivity index (χ3n) is 2.67. The lowest BCUT2D eigenvalue weighted by Crippen LogP contribution is -2.27. The Morgan fingerprint density at radius 3 is 2.67 bits per heavy atom. The van der Waals surface area contributed by atoms with Gasteiger partial charge >= 0.3 is 0 Å². The molecule has 0 unspecified atom stereocenters. The van der Waals surface area contributed by atoms with Crippen molar-refractivity contribution in [2.45, 2.75) is 13.5 Å². The van der Waals surface area contributed by atoms with Gasteiger partial charge in [0.1, 0.15) is 0 Å². The SMILES string of the molecule is CCn1cc(N)c(C(=O)N(C)c2ccncc2)n1. The molecule has 2 N–H and O–H groups in total. The first kappa shape index (κ1) is 12.1. The molecule has 18 heavy (non-hydrogen) atoms. The zero-order chi connectivity index (χ0) is 13.1. The number of carbonyl (C=O) groups excluding carboxylic acids is 1. The number of hydrogen-bond donors (Lipinski definition) is 1. The number of carbonyl (C=O) groups is 1. The number of hydrogen-bond acceptors (Lipinski definition) is 4. The molecule has 0 saturated heterocycles. The van der Waals surface area contributed by atoms with Crippen LogP contribution in [0.15, 0.2) is 30.7 Å². The van der Waals surface area contributed by atoms with E-state index in [0.29, 0.717) is 12.2 Å². The van der Waals surface area contributed by atoms with Gasteiger partial charge in [-0.1, -0.05) is 0 Å². The minimum Gasteiger partial charge on any atom is -0.396 e. The lowest BCUT2D eigenvalue weighted by molar-refractivity contribution is 0.0988. The predicted molar refractivity (Wildman–Crippen MR) is 69.3 cm³/mol. The lowest BCUT2D eigenvalue weighted by Gasteiger charge is -2.15. The number of nitrogen functional groups attached to an aromatic ring is 1. The Kier molecular flexibility index (Phi) is 3.27. The highest BCUT2D eigenvalue weighted by Gasteiger charge is 2.19. The largest absolute Gasteiger partial charge is 0.396 e. The minimum absolute atomic E-state index is 0.231. The number of anilines is 2. The second-order valence-corrected chi connectivity index (χ2v) is 3.86. The maximum absolute atomic E-state index is 12.2. The van der Waals surface area contributed by atoms with Crippen LogP contribution in [-0.4, -0.2) is 27.7 Å².